The van der Waals surface area contributed by atoms with Gasteiger partial charge in [-0.2, -0.15) is 5.10 Å². The number of anilines is 3. The topological polar surface area (TPSA) is 120 Å². The van der Waals surface area contributed by atoms with Crippen molar-refractivity contribution >= 4 is 39.1 Å². The molecule has 3 heterocycles. The van der Waals surface area contributed by atoms with Gasteiger partial charge in [0.05, 0.1) is 17.8 Å². The zero-order valence-electron chi connectivity index (χ0n) is 24.0. The highest BCUT2D eigenvalue weighted by molar-refractivity contribution is 7.99. The molecule has 222 valence electrons. The minimum absolute atomic E-state index is 0.0457. The highest BCUT2D eigenvalue weighted by Gasteiger charge is 2.25. The van der Waals surface area contributed by atoms with Crippen molar-refractivity contribution in [3.05, 3.63) is 72.4 Å². The summed E-state index contributed by atoms with van der Waals surface area (Å²) in [6.07, 6.45) is 1.73. The number of nitrogens with one attached hydrogen (secondary N) is 2. The van der Waals surface area contributed by atoms with Gasteiger partial charge in [0.15, 0.2) is 32.4 Å². The van der Waals surface area contributed by atoms with Gasteiger partial charge in [-0.25, -0.2) is 18.4 Å². The molecule has 0 saturated carbocycles. The van der Waals surface area contributed by atoms with Gasteiger partial charge in [0.2, 0.25) is 5.75 Å². The number of methoxy groups -OCH3 is 1. The Morgan fingerprint density at radius 3 is 2.38 bits per heavy atom. The van der Waals surface area contributed by atoms with Crippen LogP contribution in [0, 0.1) is 0 Å². The average Bonchev–Trinajstić information content (AvgIpc) is 3.50. The highest BCUT2D eigenvalue weighted by Crippen LogP contribution is 2.38. The van der Waals surface area contributed by atoms with Crippen LogP contribution >= 0.6 is 11.8 Å². The van der Waals surface area contributed by atoms with E-state index in [-0.39, 0.29) is 10.6 Å². The van der Waals surface area contributed by atoms with Gasteiger partial charge in [-0.15, -0.1) is 0 Å². The van der Waals surface area contributed by atoms with E-state index in [1.165, 1.54) is 11.8 Å². The van der Waals surface area contributed by atoms with Gasteiger partial charge < -0.3 is 19.9 Å². The van der Waals surface area contributed by atoms with Gasteiger partial charge >= 0.3 is 0 Å². The molecule has 1 saturated heterocycles. The second-order valence-electron chi connectivity index (χ2n) is 10.2. The Balaban J connectivity index is 1.38. The van der Waals surface area contributed by atoms with Crippen LogP contribution in [0.1, 0.15) is 5.56 Å². The predicted molar refractivity (Wildman–Crippen MR) is 166 cm³/mol. The van der Waals surface area contributed by atoms with E-state index in [9.17, 15) is 8.42 Å². The Hall–Kier alpha value is -3.65. The number of aromatic nitrogens is 4. The van der Waals surface area contributed by atoms with Crippen molar-refractivity contribution < 1.29 is 13.2 Å². The molecule has 11 nitrogen and oxygen atoms in total. The highest BCUT2D eigenvalue weighted by atomic mass is 32.2. The van der Waals surface area contributed by atoms with Crippen molar-refractivity contribution in [1.29, 1.82) is 0 Å². The first kappa shape index (κ1) is 29.8. The van der Waals surface area contributed by atoms with E-state index in [1.54, 1.807) is 37.6 Å². The second-order valence-corrected chi connectivity index (χ2v) is 13.3. The molecule has 1 aliphatic heterocycles. The molecule has 2 N–H and O–H groups in total. The standard InChI is InChI=1S/C29H36N8O3S2/c1-35(2)15-16-36-17-19-37(20-18-36)28-26(40-3)27(31-25-13-14-30-34-25)32-29(33-28)41-23-9-11-24(12-10-23)42(38,39)21-22-7-5-4-6-8-22/h4-14H,15-21H2,1-3H3,(H2,30,31,32,33,34). The first-order chi connectivity index (χ1) is 20.3. The summed E-state index contributed by atoms with van der Waals surface area (Å²) in [7, 11) is 2.32. The summed E-state index contributed by atoms with van der Waals surface area (Å²) in [4.78, 5) is 17.7. The van der Waals surface area contributed by atoms with E-state index < -0.39 is 9.84 Å². The summed E-state index contributed by atoms with van der Waals surface area (Å²) >= 11 is 1.36. The van der Waals surface area contributed by atoms with Crippen LogP contribution in [0.4, 0.5) is 17.5 Å². The second kappa shape index (κ2) is 13.6. The number of benzene rings is 2. The van der Waals surface area contributed by atoms with Gasteiger partial charge in [0.1, 0.15) is 0 Å². The predicted octanol–water partition coefficient (Wildman–Crippen LogP) is 3.76. The minimum Gasteiger partial charge on any atom is -0.490 e. The van der Waals surface area contributed by atoms with E-state index in [0.29, 0.717) is 28.4 Å². The number of hydrogen-bond donors (Lipinski definition) is 2. The molecular formula is C29H36N8O3S2. The molecule has 0 atom stereocenters. The van der Waals surface area contributed by atoms with E-state index in [0.717, 1.165) is 49.7 Å². The summed E-state index contributed by atoms with van der Waals surface area (Å²) in [5.41, 5.74) is 0.755. The number of aromatic amines is 1. The fourth-order valence-corrected chi connectivity index (χ4v) is 6.73. The molecule has 4 aromatic rings. The SMILES string of the molecule is COc1c(Nc2cc[nH]n2)nc(Sc2ccc(S(=O)(=O)Cc3ccccc3)cc2)nc1N1CCN(CCN(C)C)CC1. The molecule has 0 spiro atoms. The molecule has 2 aromatic carbocycles. The Morgan fingerprint density at radius 1 is 1.00 bits per heavy atom. The maximum absolute atomic E-state index is 13.0. The minimum atomic E-state index is -3.47. The quantitative estimate of drug-likeness (QED) is 0.229. The van der Waals surface area contributed by atoms with Crippen molar-refractivity contribution in [2.24, 2.45) is 0 Å². The number of rotatable bonds is 12. The summed E-state index contributed by atoms with van der Waals surface area (Å²) in [6.45, 7) is 5.49. The molecule has 0 radical (unpaired) electrons. The largest absolute Gasteiger partial charge is 0.490 e. The van der Waals surface area contributed by atoms with E-state index >= 15 is 0 Å². The van der Waals surface area contributed by atoms with Crippen LogP contribution in [-0.2, 0) is 15.6 Å². The normalized spacial score (nSPS) is 14.3. The Bertz CT molecular complexity index is 1540. The van der Waals surface area contributed by atoms with Crippen LogP contribution in [0.25, 0.3) is 0 Å². The first-order valence-corrected chi connectivity index (χ1v) is 16.2. The Morgan fingerprint density at radius 2 is 1.74 bits per heavy atom. The van der Waals surface area contributed by atoms with Crippen molar-refractivity contribution in [3.8, 4) is 5.75 Å². The molecule has 13 heteroatoms. The zero-order chi connectivity index (χ0) is 29.5. The summed E-state index contributed by atoms with van der Waals surface area (Å²) < 4.78 is 31.8. The first-order valence-electron chi connectivity index (χ1n) is 13.7. The molecule has 1 aliphatic rings. The average molecular weight is 609 g/mol. The third-order valence-electron chi connectivity index (χ3n) is 6.91. The zero-order valence-corrected chi connectivity index (χ0v) is 25.7. The number of hydrogen-bond acceptors (Lipinski definition) is 11. The van der Waals surface area contributed by atoms with E-state index in [1.807, 2.05) is 36.4 Å². The van der Waals surface area contributed by atoms with Gasteiger partial charge in [-0.3, -0.25) is 10.00 Å². The van der Waals surface area contributed by atoms with Crippen LogP contribution in [0.2, 0.25) is 0 Å². The summed E-state index contributed by atoms with van der Waals surface area (Å²) in [5.74, 6) is 2.33. The Labute approximate surface area is 251 Å². The van der Waals surface area contributed by atoms with Crippen LogP contribution in [0.3, 0.4) is 0 Å². The van der Waals surface area contributed by atoms with Crippen LogP contribution in [0.15, 0.2) is 81.8 Å². The van der Waals surface area contributed by atoms with Crippen molar-refractivity contribution in [2.45, 2.75) is 20.7 Å². The molecule has 0 bridgehead atoms. The molecule has 1 fully saturated rings. The van der Waals surface area contributed by atoms with E-state index in [4.69, 9.17) is 14.7 Å². The summed E-state index contributed by atoms with van der Waals surface area (Å²) in [6, 6.07) is 17.9. The monoisotopic (exact) mass is 608 g/mol. The number of likely N-dealkylation sites (N-methyl/N-ethyl adjacent to an activating group) is 1. The lowest BCUT2D eigenvalue weighted by Gasteiger charge is -2.36. The van der Waals surface area contributed by atoms with Crippen LogP contribution < -0.4 is 15.0 Å². The third-order valence-corrected chi connectivity index (χ3v) is 9.48. The molecule has 42 heavy (non-hydrogen) atoms. The number of ether oxygens (including phenoxy) is 1. The van der Waals surface area contributed by atoms with Gasteiger partial charge in [-0.05, 0) is 55.7 Å². The van der Waals surface area contributed by atoms with Crippen molar-refractivity contribution in [1.82, 2.24) is 30.0 Å². The van der Waals surface area contributed by atoms with Gasteiger partial charge in [-0.1, -0.05) is 30.3 Å². The molecular weight excluding hydrogens is 573 g/mol. The fourth-order valence-electron chi connectivity index (χ4n) is 4.62. The van der Waals surface area contributed by atoms with E-state index in [2.05, 4.69) is 44.3 Å². The molecule has 2 aromatic heterocycles. The van der Waals surface area contributed by atoms with Crippen molar-refractivity contribution in [2.75, 3.05) is 70.7 Å². The molecule has 0 aliphatic carbocycles. The fraction of sp³-hybridized carbons (Fsp3) is 0.345. The lowest BCUT2D eigenvalue weighted by atomic mass is 10.2. The molecule has 5 rings (SSSR count). The third kappa shape index (κ3) is 7.59. The molecule has 0 unspecified atom stereocenters. The lowest BCUT2D eigenvalue weighted by Crippen LogP contribution is -2.48. The molecule has 0 amide bonds. The van der Waals surface area contributed by atoms with Crippen LogP contribution in [0.5, 0.6) is 5.75 Å². The number of sulfone groups is 1. The number of H-pyrrole nitrogens is 1. The Kier molecular flexibility index (Phi) is 9.62. The smallest absolute Gasteiger partial charge is 0.204 e. The van der Waals surface area contributed by atoms with Crippen LogP contribution in [-0.4, -0.2) is 98.9 Å². The number of nitrogens with zero attached hydrogens (tertiary/aromatic N) is 6. The van der Waals surface area contributed by atoms with Gasteiger partial charge in [0.25, 0.3) is 0 Å². The lowest BCUT2D eigenvalue weighted by molar-refractivity contribution is 0.228. The maximum Gasteiger partial charge on any atom is 0.204 e. The van der Waals surface area contributed by atoms with Crippen molar-refractivity contribution in [3.63, 3.8) is 0 Å². The van der Waals surface area contributed by atoms with Gasteiger partial charge in [0, 0.05) is 56.4 Å². The number of piperazine rings is 1. The maximum atomic E-state index is 13.0. The summed E-state index contributed by atoms with van der Waals surface area (Å²) in [5, 5.41) is 10.8.